The Hall–Kier alpha value is -1.10. The smallest absolute Gasteiger partial charge is 0.410 e. The maximum Gasteiger partial charge on any atom is 0.410 e. The number of aryl methyl sites for hydroxylation is 1. The molecule has 0 aromatic carbocycles. The molecule has 2 aliphatic rings. The summed E-state index contributed by atoms with van der Waals surface area (Å²) < 4.78 is 5.64. The molecule has 1 aromatic rings. The summed E-state index contributed by atoms with van der Waals surface area (Å²) >= 11 is 1.73. The second-order valence-corrected chi connectivity index (χ2v) is 10.3. The highest BCUT2D eigenvalue weighted by Gasteiger charge is 2.45. The van der Waals surface area contributed by atoms with Crippen LogP contribution in [0.5, 0.6) is 0 Å². The van der Waals surface area contributed by atoms with E-state index in [1.807, 2.05) is 31.9 Å². The third-order valence-electron chi connectivity index (χ3n) is 5.29. The number of amides is 1. The predicted octanol–water partition coefficient (Wildman–Crippen LogP) is 4.10. The highest BCUT2D eigenvalue weighted by molar-refractivity contribution is 14.0. The van der Waals surface area contributed by atoms with E-state index < -0.39 is 5.60 Å². The fourth-order valence-electron chi connectivity index (χ4n) is 4.20. The zero-order chi connectivity index (χ0) is 21.0. The second-order valence-electron chi connectivity index (χ2n) is 8.96. The summed E-state index contributed by atoms with van der Waals surface area (Å²) in [7, 11) is 0. The van der Waals surface area contributed by atoms with Gasteiger partial charge in [-0.3, -0.25) is 4.99 Å². The molecule has 1 aromatic heterocycles. The number of hydrogen-bond acceptors (Lipinski definition) is 5. The molecule has 2 bridgehead atoms. The molecule has 2 saturated heterocycles. The standard InChI is InChI=1S/C21H35N5O2S.HI/c1-6-22-19(23-10-9-18-24-13-14(2)29-18)25-15-11-16-7-8-17(12-15)26(16)20(27)28-21(3,4)5;/h13,15-17H,6-12H2,1-5H3,(H2,22,23,25);1H. The van der Waals surface area contributed by atoms with Crippen molar-refractivity contribution in [2.45, 2.75) is 90.4 Å². The molecule has 3 rings (SSSR count). The van der Waals surface area contributed by atoms with E-state index in [1.165, 1.54) is 4.88 Å². The number of piperidine rings is 1. The first-order chi connectivity index (χ1) is 13.7. The lowest BCUT2D eigenvalue weighted by Gasteiger charge is -2.40. The van der Waals surface area contributed by atoms with E-state index in [0.717, 1.165) is 49.6 Å². The fraction of sp³-hybridized carbons (Fsp3) is 0.762. The van der Waals surface area contributed by atoms with Crippen LogP contribution in [0.1, 0.15) is 63.3 Å². The van der Waals surface area contributed by atoms with Crippen LogP contribution in [0, 0.1) is 6.92 Å². The van der Waals surface area contributed by atoms with Crippen LogP contribution in [0.15, 0.2) is 11.2 Å². The number of hydrogen-bond donors (Lipinski definition) is 2. The van der Waals surface area contributed by atoms with Crippen molar-refractivity contribution in [3.63, 3.8) is 0 Å². The summed E-state index contributed by atoms with van der Waals surface area (Å²) in [4.78, 5) is 25.0. The molecule has 3 heterocycles. The zero-order valence-corrected chi connectivity index (χ0v) is 21.9. The van der Waals surface area contributed by atoms with Gasteiger partial charge in [-0.05, 0) is 60.3 Å². The first kappa shape index (κ1) is 25.2. The van der Waals surface area contributed by atoms with Crippen molar-refractivity contribution < 1.29 is 9.53 Å². The molecule has 1 amide bonds. The maximum atomic E-state index is 12.6. The first-order valence-corrected chi connectivity index (χ1v) is 11.5. The van der Waals surface area contributed by atoms with Gasteiger partial charge in [-0.1, -0.05) is 0 Å². The van der Waals surface area contributed by atoms with Gasteiger partial charge in [0.05, 0.1) is 5.01 Å². The van der Waals surface area contributed by atoms with Gasteiger partial charge in [0.2, 0.25) is 0 Å². The number of fused-ring (bicyclic) bond motifs is 2. The summed E-state index contributed by atoms with van der Waals surface area (Å²) in [6.45, 7) is 11.5. The molecular weight excluding hydrogens is 513 g/mol. The average Bonchev–Trinajstić information content (AvgIpc) is 3.14. The van der Waals surface area contributed by atoms with Crippen molar-refractivity contribution in [3.8, 4) is 0 Å². The molecule has 2 unspecified atom stereocenters. The van der Waals surface area contributed by atoms with Crippen LogP contribution in [0.4, 0.5) is 4.79 Å². The van der Waals surface area contributed by atoms with Gasteiger partial charge in [0.1, 0.15) is 5.60 Å². The number of ether oxygens (including phenoxy) is 1. The number of thiazole rings is 1. The molecule has 2 N–H and O–H groups in total. The highest BCUT2D eigenvalue weighted by atomic mass is 127. The lowest BCUT2D eigenvalue weighted by Crippen LogP contribution is -2.55. The summed E-state index contributed by atoms with van der Waals surface area (Å²) in [5, 5.41) is 8.08. The quantitative estimate of drug-likeness (QED) is 0.329. The van der Waals surface area contributed by atoms with Crippen LogP contribution in [-0.4, -0.2) is 58.8 Å². The van der Waals surface area contributed by atoms with Crippen molar-refractivity contribution in [1.29, 1.82) is 0 Å². The number of carbonyl (C=O) groups excluding carboxylic acids is 1. The number of nitrogens with one attached hydrogen (secondary N) is 2. The Labute approximate surface area is 201 Å². The Morgan fingerprint density at radius 1 is 1.33 bits per heavy atom. The number of halogens is 1. The SMILES string of the molecule is CCNC(=NCCc1ncc(C)s1)NC1CC2CCC(C1)N2C(=O)OC(C)(C)C.I. The fourth-order valence-corrected chi connectivity index (χ4v) is 4.98. The van der Waals surface area contributed by atoms with E-state index in [4.69, 9.17) is 9.73 Å². The number of carbonyl (C=O) groups is 1. The minimum atomic E-state index is -0.452. The van der Waals surface area contributed by atoms with E-state index in [1.54, 1.807) is 11.3 Å². The number of guanidine groups is 1. The van der Waals surface area contributed by atoms with Gasteiger partial charge in [-0.15, -0.1) is 35.3 Å². The molecule has 2 fully saturated rings. The lowest BCUT2D eigenvalue weighted by atomic mass is 9.98. The van der Waals surface area contributed by atoms with Crippen molar-refractivity contribution >= 4 is 47.4 Å². The van der Waals surface area contributed by atoms with Crippen molar-refractivity contribution in [2.24, 2.45) is 4.99 Å². The third kappa shape index (κ3) is 6.96. The van der Waals surface area contributed by atoms with Gasteiger partial charge in [-0.2, -0.15) is 0 Å². The summed E-state index contributed by atoms with van der Waals surface area (Å²) in [6.07, 6.45) is 6.59. The topological polar surface area (TPSA) is 78.9 Å². The Balaban J connectivity index is 0.00000320. The zero-order valence-electron chi connectivity index (χ0n) is 18.7. The Kier molecular flexibility index (Phi) is 9.20. The number of aliphatic imine (C=N–C) groups is 1. The van der Waals surface area contributed by atoms with Gasteiger partial charge < -0.3 is 20.3 Å². The molecule has 0 radical (unpaired) electrons. The molecule has 2 aliphatic heterocycles. The highest BCUT2D eigenvalue weighted by Crippen LogP contribution is 2.36. The van der Waals surface area contributed by atoms with Crippen molar-refractivity contribution in [1.82, 2.24) is 20.5 Å². The van der Waals surface area contributed by atoms with Gasteiger partial charge in [-0.25, -0.2) is 9.78 Å². The van der Waals surface area contributed by atoms with Crippen LogP contribution in [0.3, 0.4) is 0 Å². The second kappa shape index (κ2) is 11.0. The van der Waals surface area contributed by atoms with E-state index in [0.29, 0.717) is 12.6 Å². The van der Waals surface area contributed by atoms with E-state index in [2.05, 4.69) is 29.5 Å². The largest absolute Gasteiger partial charge is 0.444 e. The van der Waals surface area contributed by atoms with Crippen LogP contribution < -0.4 is 10.6 Å². The molecule has 0 aliphatic carbocycles. The van der Waals surface area contributed by atoms with Gasteiger partial charge >= 0.3 is 6.09 Å². The summed E-state index contributed by atoms with van der Waals surface area (Å²) in [5.41, 5.74) is -0.452. The number of aromatic nitrogens is 1. The van der Waals surface area contributed by atoms with Crippen LogP contribution >= 0.6 is 35.3 Å². The Morgan fingerprint density at radius 3 is 2.53 bits per heavy atom. The molecule has 7 nitrogen and oxygen atoms in total. The van der Waals surface area contributed by atoms with E-state index >= 15 is 0 Å². The van der Waals surface area contributed by atoms with Crippen molar-refractivity contribution in [2.75, 3.05) is 13.1 Å². The Morgan fingerprint density at radius 2 is 2.00 bits per heavy atom. The lowest BCUT2D eigenvalue weighted by molar-refractivity contribution is 0.00545. The van der Waals surface area contributed by atoms with Crippen molar-refractivity contribution in [3.05, 3.63) is 16.1 Å². The summed E-state index contributed by atoms with van der Waals surface area (Å²) in [6, 6.07) is 0.829. The minimum Gasteiger partial charge on any atom is -0.444 e. The molecule has 9 heteroatoms. The predicted molar refractivity (Wildman–Crippen MR) is 133 cm³/mol. The minimum absolute atomic E-state index is 0. The third-order valence-corrected chi connectivity index (χ3v) is 6.26. The van der Waals surface area contributed by atoms with Gasteiger partial charge in [0.25, 0.3) is 0 Å². The average molecular weight is 550 g/mol. The van der Waals surface area contributed by atoms with E-state index in [9.17, 15) is 4.79 Å². The number of rotatable bonds is 5. The van der Waals surface area contributed by atoms with Crippen LogP contribution in [0.25, 0.3) is 0 Å². The molecule has 170 valence electrons. The van der Waals surface area contributed by atoms with Crippen LogP contribution in [0.2, 0.25) is 0 Å². The molecule has 2 atom stereocenters. The molecule has 30 heavy (non-hydrogen) atoms. The van der Waals surface area contributed by atoms with Crippen LogP contribution in [-0.2, 0) is 11.2 Å². The van der Waals surface area contributed by atoms with Gasteiger partial charge in [0.15, 0.2) is 5.96 Å². The summed E-state index contributed by atoms with van der Waals surface area (Å²) in [5.74, 6) is 0.857. The molecular formula is C21H36IN5O2S. The normalized spacial score (nSPS) is 23.7. The molecule has 0 spiro atoms. The number of nitrogens with zero attached hydrogens (tertiary/aromatic N) is 3. The maximum absolute atomic E-state index is 12.6. The Bertz CT molecular complexity index is 719. The van der Waals surface area contributed by atoms with Gasteiger partial charge in [0, 0.05) is 48.7 Å². The first-order valence-electron chi connectivity index (χ1n) is 10.7. The molecule has 0 saturated carbocycles. The van der Waals surface area contributed by atoms with E-state index in [-0.39, 0.29) is 42.2 Å². The monoisotopic (exact) mass is 549 g/mol.